The van der Waals surface area contributed by atoms with E-state index in [4.69, 9.17) is 5.11 Å². The van der Waals surface area contributed by atoms with Gasteiger partial charge in [-0.3, -0.25) is 4.79 Å². The number of phenols is 1. The van der Waals surface area contributed by atoms with Crippen molar-refractivity contribution in [2.45, 2.75) is 31.8 Å². The fourth-order valence-corrected chi connectivity index (χ4v) is 2.88. The molecular formula is C18H16F2N4O3. The van der Waals surface area contributed by atoms with Crippen molar-refractivity contribution in [3.63, 3.8) is 0 Å². The SMILES string of the molecule is O=C(Nc1ccc(CO)cc1O)c1cnn2c(C(F)F)cc(C3CC3)nc12. The van der Waals surface area contributed by atoms with Crippen LogP contribution in [-0.2, 0) is 6.61 Å². The van der Waals surface area contributed by atoms with Crippen LogP contribution >= 0.6 is 0 Å². The van der Waals surface area contributed by atoms with Crippen LogP contribution < -0.4 is 5.32 Å². The van der Waals surface area contributed by atoms with Gasteiger partial charge in [-0.1, -0.05) is 6.07 Å². The summed E-state index contributed by atoms with van der Waals surface area (Å²) in [5.74, 6) is -0.711. The van der Waals surface area contributed by atoms with Crippen molar-refractivity contribution in [2.75, 3.05) is 5.32 Å². The van der Waals surface area contributed by atoms with Crippen LogP contribution in [-0.4, -0.2) is 30.7 Å². The number of aliphatic hydroxyl groups is 1. The van der Waals surface area contributed by atoms with Gasteiger partial charge in [0, 0.05) is 11.6 Å². The Bertz CT molecular complexity index is 1030. The molecule has 0 aliphatic heterocycles. The number of aromatic nitrogens is 3. The number of halogens is 2. The predicted molar refractivity (Wildman–Crippen MR) is 91.9 cm³/mol. The summed E-state index contributed by atoms with van der Waals surface area (Å²) in [4.78, 5) is 17.0. The summed E-state index contributed by atoms with van der Waals surface area (Å²) in [6, 6.07) is 5.65. The second-order valence-corrected chi connectivity index (χ2v) is 6.44. The van der Waals surface area contributed by atoms with Gasteiger partial charge in [0.2, 0.25) is 0 Å². The zero-order chi connectivity index (χ0) is 19.1. The molecule has 1 saturated carbocycles. The predicted octanol–water partition coefficient (Wildman–Crippen LogP) is 2.99. The normalized spacial score (nSPS) is 14.1. The number of anilines is 1. The maximum atomic E-state index is 13.4. The monoisotopic (exact) mass is 374 g/mol. The quantitative estimate of drug-likeness (QED) is 0.596. The Kier molecular flexibility index (Phi) is 4.23. The van der Waals surface area contributed by atoms with E-state index < -0.39 is 12.3 Å². The van der Waals surface area contributed by atoms with Gasteiger partial charge in [0.1, 0.15) is 17.0 Å². The summed E-state index contributed by atoms with van der Waals surface area (Å²) in [7, 11) is 0. The van der Waals surface area contributed by atoms with E-state index in [9.17, 15) is 18.7 Å². The Balaban J connectivity index is 1.72. The second kappa shape index (κ2) is 6.58. The van der Waals surface area contributed by atoms with Crippen molar-refractivity contribution >= 4 is 17.2 Å². The van der Waals surface area contributed by atoms with E-state index in [1.165, 1.54) is 24.4 Å². The topological polar surface area (TPSA) is 99.8 Å². The van der Waals surface area contributed by atoms with Gasteiger partial charge in [0.05, 0.1) is 18.5 Å². The van der Waals surface area contributed by atoms with Crippen molar-refractivity contribution in [2.24, 2.45) is 0 Å². The fourth-order valence-electron chi connectivity index (χ4n) is 2.88. The van der Waals surface area contributed by atoms with Crippen LogP contribution in [0, 0.1) is 0 Å². The standard InChI is InChI=1S/C18H16F2N4O3/c19-16(20)14-6-13(10-2-3-10)22-17-11(7-21-24(14)17)18(27)23-12-4-1-9(8-25)5-15(12)26/h1,4-7,10,16,25-26H,2-3,8H2,(H,23,27). The van der Waals surface area contributed by atoms with Crippen LogP contribution in [0.2, 0.25) is 0 Å². The van der Waals surface area contributed by atoms with E-state index in [0.29, 0.717) is 11.3 Å². The molecule has 4 rings (SSSR count). The molecule has 7 nitrogen and oxygen atoms in total. The summed E-state index contributed by atoms with van der Waals surface area (Å²) < 4.78 is 27.8. The lowest BCUT2D eigenvalue weighted by atomic mass is 10.2. The molecule has 1 aliphatic carbocycles. The van der Waals surface area contributed by atoms with Crippen molar-refractivity contribution in [1.82, 2.24) is 14.6 Å². The van der Waals surface area contributed by atoms with Gasteiger partial charge in [-0.15, -0.1) is 0 Å². The first kappa shape index (κ1) is 17.3. The zero-order valence-electron chi connectivity index (χ0n) is 14.1. The number of alkyl halides is 2. The Morgan fingerprint density at radius 2 is 2.11 bits per heavy atom. The molecule has 0 radical (unpaired) electrons. The number of aliphatic hydroxyl groups excluding tert-OH is 1. The largest absolute Gasteiger partial charge is 0.506 e. The van der Waals surface area contributed by atoms with Crippen LogP contribution in [0.5, 0.6) is 5.75 Å². The number of phenolic OH excluding ortho intramolecular Hbond substituents is 1. The van der Waals surface area contributed by atoms with Crippen molar-refractivity contribution in [1.29, 1.82) is 0 Å². The molecular weight excluding hydrogens is 358 g/mol. The third-order valence-corrected chi connectivity index (χ3v) is 4.48. The summed E-state index contributed by atoms with van der Waals surface area (Å²) in [6.45, 7) is -0.250. The second-order valence-electron chi connectivity index (χ2n) is 6.44. The number of rotatable bonds is 5. The lowest BCUT2D eigenvalue weighted by molar-refractivity contribution is 0.102. The smallest absolute Gasteiger partial charge is 0.280 e. The van der Waals surface area contributed by atoms with Crippen LogP contribution in [0.3, 0.4) is 0 Å². The molecule has 2 heterocycles. The average Bonchev–Trinajstić information content (AvgIpc) is 3.41. The summed E-state index contributed by atoms with van der Waals surface area (Å²) >= 11 is 0. The molecule has 2 aromatic heterocycles. The minimum absolute atomic E-state index is 0.0324. The molecule has 0 atom stereocenters. The summed E-state index contributed by atoms with van der Waals surface area (Å²) in [5, 5.41) is 25.4. The van der Waals surface area contributed by atoms with E-state index in [1.54, 1.807) is 6.07 Å². The average molecular weight is 374 g/mol. The number of nitrogens with one attached hydrogen (secondary N) is 1. The first-order valence-electron chi connectivity index (χ1n) is 8.38. The molecule has 1 fully saturated rings. The Hall–Kier alpha value is -3.07. The van der Waals surface area contributed by atoms with Crippen molar-refractivity contribution in [3.05, 3.63) is 53.0 Å². The van der Waals surface area contributed by atoms with Gasteiger partial charge in [-0.05, 0) is 36.6 Å². The highest BCUT2D eigenvalue weighted by Gasteiger charge is 2.29. The highest BCUT2D eigenvalue weighted by Crippen LogP contribution is 2.40. The van der Waals surface area contributed by atoms with Crippen molar-refractivity contribution in [3.8, 4) is 5.75 Å². The van der Waals surface area contributed by atoms with Crippen molar-refractivity contribution < 1.29 is 23.8 Å². The van der Waals surface area contributed by atoms with Crippen LogP contribution in [0.1, 0.15) is 52.5 Å². The van der Waals surface area contributed by atoms with Gasteiger partial charge in [0.15, 0.2) is 5.65 Å². The molecule has 0 bridgehead atoms. The number of fused-ring (bicyclic) bond motifs is 1. The highest BCUT2D eigenvalue weighted by atomic mass is 19.3. The molecule has 3 N–H and O–H groups in total. The number of nitrogens with zero attached hydrogens (tertiary/aromatic N) is 3. The van der Waals surface area contributed by atoms with Crippen LogP contribution in [0.15, 0.2) is 30.5 Å². The first-order chi connectivity index (χ1) is 13.0. The van der Waals surface area contributed by atoms with Crippen LogP contribution in [0.4, 0.5) is 14.5 Å². The molecule has 3 aromatic rings. The van der Waals surface area contributed by atoms with E-state index in [0.717, 1.165) is 17.4 Å². The molecule has 0 saturated heterocycles. The van der Waals surface area contributed by atoms with Gasteiger partial charge < -0.3 is 15.5 Å². The molecule has 0 spiro atoms. The van der Waals surface area contributed by atoms with Gasteiger partial charge >= 0.3 is 0 Å². The van der Waals surface area contributed by atoms with E-state index in [2.05, 4.69) is 15.4 Å². The molecule has 140 valence electrons. The maximum absolute atomic E-state index is 13.4. The van der Waals surface area contributed by atoms with Gasteiger partial charge in [-0.25, -0.2) is 18.3 Å². The first-order valence-corrected chi connectivity index (χ1v) is 8.38. The molecule has 0 unspecified atom stereocenters. The maximum Gasteiger partial charge on any atom is 0.280 e. The zero-order valence-corrected chi connectivity index (χ0v) is 14.1. The molecule has 1 aromatic carbocycles. The molecule has 27 heavy (non-hydrogen) atoms. The summed E-state index contributed by atoms with van der Waals surface area (Å²) in [5.41, 5.74) is 0.921. The van der Waals surface area contributed by atoms with Gasteiger partial charge in [0.25, 0.3) is 12.3 Å². The number of carbonyl (C=O) groups is 1. The minimum Gasteiger partial charge on any atom is -0.506 e. The Morgan fingerprint density at radius 1 is 1.33 bits per heavy atom. The Morgan fingerprint density at radius 3 is 2.74 bits per heavy atom. The summed E-state index contributed by atoms with van der Waals surface area (Å²) in [6.07, 6.45) is 0.192. The van der Waals surface area contributed by atoms with Crippen LogP contribution in [0.25, 0.3) is 5.65 Å². The lowest BCUT2D eigenvalue weighted by Crippen LogP contribution is -2.13. The molecule has 1 aliphatic rings. The molecule has 9 heteroatoms. The fraction of sp³-hybridized carbons (Fsp3) is 0.278. The minimum atomic E-state index is -2.75. The van der Waals surface area contributed by atoms with E-state index in [-0.39, 0.29) is 40.9 Å². The van der Waals surface area contributed by atoms with E-state index >= 15 is 0 Å². The number of hydrogen-bond donors (Lipinski definition) is 3. The van der Waals surface area contributed by atoms with Gasteiger partial charge in [-0.2, -0.15) is 5.10 Å². The Labute approximate surface area is 152 Å². The third-order valence-electron chi connectivity index (χ3n) is 4.48. The third kappa shape index (κ3) is 3.21. The number of hydrogen-bond acceptors (Lipinski definition) is 5. The number of aromatic hydroxyl groups is 1. The molecule has 1 amide bonds. The highest BCUT2D eigenvalue weighted by molar-refractivity contribution is 6.08. The number of carbonyl (C=O) groups excluding carboxylic acids is 1. The lowest BCUT2D eigenvalue weighted by Gasteiger charge is -2.09. The number of benzene rings is 1. The number of amides is 1. The van der Waals surface area contributed by atoms with E-state index in [1.807, 2.05) is 0 Å².